The Morgan fingerprint density at radius 3 is 2.61 bits per heavy atom. The number of aryl methyl sites for hydroxylation is 2. The van der Waals surface area contributed by atoms with Gasteiger partial charge in [-0.1, -0.05) is 28.9 Å². The normalized spacial score (nSPS) is 10.4. The van der Waals surface area contributed by atoms with Gasteiger partial charge in [-0.3, -0.25) is 0 Å². The van der Waals surface area contributed by atoms with E-state index in [-0.39, 0.29) is 0 Å². The zero-order valence-electron chi connectivity index (χ0n) is 10.8. The number of halogens is 1. The van der Waals surface area contributed by atoms with Crippen molar-refractivity contribution in [1.29, 1.82) is 0 Å². The van der Waals surface area contributed by atoms with E-state index in [9.17, 15) is 0 Å². The van der Waals surface area contributed by atoms with Crippen LogP contribution in [0.3, 0.4) is 0 Å². The first-order chi connectivity index (χ1) is 8.63. The number of anilines is 1. The summed E-state index contributed by atoms with van der Waals surface area (Å²) in [5, 5.41) is 3.08. The van der Waals surface area contributed by atoms with Crippen molar-refractivity contribution in [1.82, 2.24) is 9.97 Å². The van der Waals surface area contributed by atoms with Gasteiger partial charge in [-0.05, 0) is 31.0 Å². The number of nitrogens with one attached hydrogen (secondary N) is 1. The van der Waals surface area contributed by atoms with Crippen molar-refractivity contribution in [2.75, 3.05) is 12.4 Å². The number of aromatic nitrogens is 2. The Hall–Kier alpha value is -1.42. The minimum atomic E-state index is 0.755. The summed E-state index contributed by atoms with van der Waals surface area (Å²) in [6, 6.07) is 8.18. The van der Waals surface area contributed by atoms with Crippen molar-refractivity contribution in [3.63, 3.8) is 0 Å². The Kier molecular flexibility index (Phi) is 3.97. The molecule has 0 radical (unpaired) electrons. The predicted octanol–water partition coefficient (Wildman–Crippen LogP) is 3.82. The molecule has 3 nitrogen and oxygen atoms in total. The van der Waals surface area contributed by atoms with E-state index in [1.165, 1.54) is 5.56 Å². The van der Waals surface area contributed by atoms with E-state index >= 15 is 0 Å². The average molecular weight is 306 g/mol. The van der Waals surface area contributed by atoms with Gasteiger partial charge >= 0.3 is 0 Å². The van der Waals surface area contributed by atoms with Crippen molar-refractivity contribution in [3.05, 3.63) is 40.0 Å². The lowest BCUT2D eigenvalue weighted by molar-refractivity contribution is 1.00. The number of nitrogens with zero attached hydrogens (tertiary/aromatic N) is 2. The minimum absolute atomic E-state index is 0.755. The van der Waals surface area contributed by atoms with Crippen LogP contribution in [0.2, 0.25) is 0 Å². The highest BCUT2D eigenvalue weighted by Gasteiger charge is 2.09. The fourth-order valence-corrected chi connectivity index (χ4v) is 2.40. The van der Waals surface area contributed by atoms with Crippen LogP contribution in [0.1, 0.15) is 18.2 Å². The molecule has 0 saturated heterocycles. The van der Waals surface area contributed by atoms with Gasteiger partial charge in [0, 0.05) is 28.8 Å². The SMILES string of the molecule is CCc1cc(NC)nc(-c2ccc(C)cc2Br)n1. The van der Waals surface area contributed by atoms with E-state index in [4.69, 9.17) is 0 Å². The average Bonchev–Trinajstić information content (AvgIpc) is 2.38. The molecule has 1 heterocycles. The molecule has 0 aliphatic heterocycles. The number of rotatable bonds is 3. The summed E-state index contributed by atoms with van der Waals surface area (Å²) in [5.41, 5.74) is 3.27. The van der Waals surface area contributed by atoms with Crippen LogP contribution in [-0.4, -0.2) is 17.0 Å². The van der Waals surface area contributed by atoms with E-state index in [0.29, 0.717) is 0 Å². The number of benzene rings is 1. The van der Waals surface area contributed by atoms with Crippen molar-refractivity contribution in [3.8, 4) is 11.4 Å². The van der Waals surface area contributed by atoms with Crippen LogP contribution in [0.25, 0.3) is 11.4 Å². The second-order valence-corrected chi connectivity index (χ2v) is 5.01. The van der Waals surface area contributed by atoms with Crippen molar-refractivity contribution >= 4 is 21.7 Å². The summed E-state index contributed by atoms with van der Waals surface area (Å²) in [5.74, 6) is 1.61. The fraction of sp³-hybridized carbons (Fsp3) is 0.286. The third-order valence-electron chi connectivity index (χ3n) is 2.76. The molecule has 0 amide bonds. The Balaban J connectivity index is 2.55. The lowest BCUT2D eigenvalue weighted by Crippen LogP contribution is -2.00. The highest BCUT2D eigenvalue weighted by molar-refractivity contribution is 9.10. The molecular formula is C14H16BrN3. The third kappa shape index (κ3) is 2.70. The molecule has 0 atom stereocenters. The molecule has 0 aliphatic rings. The molecule has 4 heteroatoms. The molecule has 0 fully saturated rings. The van der Waals surface area contributed by atoms with Gasteiger partial charge < -0.3 is 5.32 Å². The summed E-state index contributed by atoms with van der Waals surface area (Å²) in [6.45, 7) is 4.16. The van der Waals surface area contributed by atoms with E-state index in [0.717, 1.165) is 33.8 Å². The highest BCUT2D eigenvalue weighted by Crippen LogP contribution is 2.27. The Bertz CT molecular complexity index is 545. The van der Waals surface area contributed by atoms with Gasteiger partial charge in [-0.2, -0.15) is 0 Å². The van der Waals surface area contributed by atoms with Crippen LogP contribution in [0.5, 0.6) is 0 Å². The Morgan fingerprint density at radius 1 is 1.22 bits per heavy atom. The van der Waals surface area contributed by atoms with Crippen LogP contribution < -0.4 is 5.32 Å². The van der Waals surface area contributed by atoms with E-state index in [1.807, 2.05) is 19.2 Å². The van der Waals surface area contributed by atoms with Crippen molar-refractivity contribution in [2.24, 2.45) is 0 Å². The second-order valence-electron chi connectivity index (χ2n) is 4.15. The molecule has 94 valence electrons. The topological polar surface area (TPSA) is 37.8 Å². The molecule has 18 heavy (non-hydrogen) atoms. The van der Waals surface area contributed by atoms with Gasteiger partial charge in [0.15, 0.2) is 5.82 Å². The first-order valence-corrected chi connectivity index (χ1v) is 6.75. The molecule has 1 N–H and O–H groups in total. The first-order valence-electron chi connectivity index (χ1n) is 5.96. The molecule has 0 aliphatic carbocycles. The minimum Gasteiger partial charge on any atom is -0.373 e. The fourth-order valence-electron chi connectivity index (χ4n) is 1.73. The zero-order chi connectivity index (χ0) is 13.1. The third-order valence-corrected chi connectivity index (χ3v) is 3.42. The van der Waals surface area contributed by atoms with E-state index in [1.54, 1.807) is 0 Å². The van der Waals surface area contributed by atoms with Crippen LogP contribution >= 0.6 is 15.9 Å². The first kappa shape index (κ1) is 13.0. The summed E-state index contributed by atoms with van der Waals surface area (Å²) >= 11 is 3.58. The van der Waals surface area contributed by atoms with Gasteiger partial charge in [0.25, 0.3) is 0 Å². The molecule has 0 saturated carbocycles. The summed E-state index contributed by atoms with van der Waals surface area (Å²) in [7, 11) is 1.87. The molecule has 0 spiro atoms. The Labute approximate surface area is 116 Å². The van der Waals surface area contributed by atoms with Crippen LogP contribution in [0.4, 0.5) is 5.82 Å². The summed E-state index contributed by atoms with van der Waals surface area (Å²) in [4.78, 5) is 9.09. The van der Waals surface area contributed by atoms with Crippen LogP contribution in [0, 0.1) is 6.92 Å². The van der Waals surface area contributed by atoms with Crippen LogP contribution in [-0.2, 0) is 6.42 Å². The van der Waals surface area contributed by atoms with Gasteiger partial charge in [0.05, 0.1) is 0 Å². The quantitative estimate of drug-likeness (QED) is 0.937. The van der Waals surface area contributed by atoms with Crippen molar-refractivity contribution in [2.45, 2.75) is 20.3 Å². The highest BCUT2D eigenvalue weighted by atomic mass is 79.9. The maximum atomic E-state index is 4.58. The lowest BCUT2D eigenvalue weighted by Gasteiger charge is -2.08. The molecule has 2 rings (SSSR count). The summed E-state index contributed by atoms with van der Waals surface area (Å²) in [6.07, 6.45) is 0.897. The zero-order valence-corrected chi connectivity index (χ0v) is 12.4. The lowest BCUT2D eigenvalue weighted by atomic mass is 10.1. The maximum Gasteiger partial charge on any atom is 0.162 e. The Morgan fingerprint density at radius 2 is 2.00 bits per heavy atom. The molecule has 0 bridgehead atoms. The van der Waals surface area contributed by atoms with Gasteiger partial charge in [-0.25, -0.2) is 9.97 Å². The number of hydrogen-bond acceptors (Lipinski definition) is 3. The molecule has 0 unspecified atom stereocenters. The predicted molar refractivity (Wildman–Crippen MR) is 78.8 cm³/mol. The summed E-state index contributed by atoms with van der Waals surface area (Å²) < 4.78 is 1.03. The van der Waals surface area contributed by atoms with Crippen molar-refractivity contribution < 1.29 is 0 Å². The molecular weight excluding hydrogens is 290 g/mol. The van der Waals surface area contributed by atoms with Crippen LogP contribution in [0.15, 0.2) is 28.7 Å². The second kappa shape index (κ2) is 5.48. The van der Waals surface area contributed by atoms with Gasteiger partial charge in [0.1, 0.15) is 5.82 Å². The molecule has 1 aromatic heterocycles. The smallest absolute Gasteiger partial charge is 0.162 e. The number of hydrogen-bond donors (Lipinski definition) is 1. The molecule has 1 aromatic carbocycles. The largest absolute Gasteiger partial charge is 0.373 e. The van der Waals surface area contributed by atoms with Gasteiger partial charge in [0.2, 0.25) is 0 Å². The molecule has 2 aromatic rings. The van der Waals surface area contributed by atoms with E-state index < -0.39 is 0 Å². The van der Waals surface area contributed by atoms with E-state index in [2.05, 4.69) is 57.2 Å². The monoisotopic (exact) mass is 305 g/mol. The van der Waals surface area contributed by atoms with Gasteiger partial charge in [-0.15, -0.1) is 0 Å². The standard InChI is InChI=1S/C14H16BrN3/c1-4-10-8-13(16-3)18-14(17-10)11-6-5-9(2)7-12(11)15/h5-8H,4H2,1-3H3,(H,16,17,18). The maximum absolute atomic E-state index is 4.58.